The van der Waals surface area contributed by atoms with Crippen molar-refractivity contribution in [3.63, 3.8) is 0 Å². The minimum Gasteiger partial charge on any atom is -0.494 e. The van der Waals surface area contributed by atoms with Crippen molar-refractivity contribution in [1.29, 1.82) is 0 Å². The van der Waals surface area contributed by atoms with Crippen LogP contribution >= 0.6 is 0 Å². The average molecular weight is 239 g/mol. The number of ether oxygens (including phenoxy) is 1. The zero-order valence-electron chi connectivity index (χ0n) is 9.95. The van der Waals surface area contributed by atoms with Crippen LogP contribution < -0.4 is 10.1 Å². The molecule has 2 rings (SSSR count). The fraction of sp³-hybridized carbons (Fsp3) is 0.538. The molecular weight excluding hydrogens is 221 g/mol. The van der Waals surface area contributed by atoms with Crippen LogP contribution in [0.15, 0.2) is 18.2 Å². The Kier molecular flexibility index (Phi) is 3.97. The van der Waals surface area contributed by atoms with Crippen molar-refractivity contribution >= 4 is 0 Å². The Hall–Kier alpha value is -1.13. The van der Waals surface area contributed by atoms with E-state index in [-0.39, 0.29) is 11.7 Å². The molecule has 1 aromatic rings. The summed E-state index contributed by atoms with van der Waals surface area (Å²) < 4.78 is 18.4. The normalized spacial score (nSPS) is 19.0. The number of aliphatic hydroxyl groups is 1. The molecule has 0 amide bonds. The number of hydrogen-bond acceptors (Lipinski definition) is 3. The first-order valence-corrected chi connectivity index (χ1v) is 5.94. The first-order valence-electron chi connectivity index (χ1n) is 5.94. The number of benzene rings is 1. The molecule has 0 saturated carbocycles. The smallest absolute Gasteiger partial charge is 0.165 e. The fourth-order valence-corrected chi connectivity index (χ4v) is 2.30. The van der Waals surface area contributed by atoms with Gasteiger partial charge in [-0.1, -0.05) is 6.07 Å². The van der Waals surface area contributed by atoms with Gasteiger partial charge in [0.15, 0.2) is 11.6 Å². The molecule has 1 fully saturated rings. The third-order valence-electron chi connectivity index (χ3n) is 3.35. The lowest BCUT2D eigenvalue weighted by Gasteiger charge is -2.27. The minimum atomic E-state index is -0.586. The molecule has 1 aliphatic rings. The van der Waals surface area contributed by atoms with E-state index < -0.39 is 11.9 Å². The van der Waals surface area contributed by atoms with Crippen molar-refractivity contribution in [2.75, 3.05) is 20.2 Å². The van der Waals surface area contributed by atoms with Crippen LogP contribution in [0.2, 0.25) is 0 Å². The van der Waals surface area contributed by atoms with Crippen LogP contribution in [0.5, 0.6) is 5.75 Å². The SMILES string of the molecule is COc1ccc(C(O)C2CCNCC2)cc1F. The fourth-order valence-electron chi connectivity index (χ4n) is 2.30. The number of hydrogen-bond donors (Lipinski definition) is 2. The van der Waals surface area contributed by atoms with Crippen molar-refractivity contribution in [3.8, 4) is 5.75 Å². The van der Waals surface area contributed by atoms with E-state index in [0.717, 1.165) is 25.9 Å². The molecule has 1 aromatic carbocycles. The summed E-state index contributed by atoms with van der Waals surface area (Å²) in [5.74, 6) is 0.00768. The lowest BCUT2D eigenvalue weighted by molar-refractivity contribution is 0.0886. The van der Waals surface area contributed by atoms with E-state index in [0.29, 0.717) is 5.56 Å². The van der Waals surface area contributed by atoms with Crippen LogP contribution in [-0.2, 0) is 0 Å². The van der Waals surface area contributed by atoms with Gasteiger partial charge < -0.3 is 15.2 Å². The van der Waals surface area contributed by atoms with E-state index >= 15 is 0 Å². The van der Waals surface area contributed by atoms with Gasteiger partial charge in [0.1, 0.15) is 0 Å². The predicted molar refractivity (Wildman–Crippen MR) is 63.5 cm³/mol. The number of piperidine rings is 1. The Morgan fingerprint density at radius 1 is 1.41 bits per heavy atom. The Bertz CT molecular complexity index is 378. The third kappa shape index (κ3) is 2.76. The van der Waals surface area contributed by atoms with Gasteiger partial charge in [-0.25, -0.2) is 4.39 Å². The van der Waals surface area contributed by atoms with Crippen LogP contribution in [-0.4, -0.2) is 25.3 Å². The first kappa shape index (κ1) is 12.3. The van der Waals surface area contributed by atoms with Crippen molar-refractivity contribution < 1.29 is 14.2 Å². The standard InChI is InChI=1S/C13H18FNO2/c1-17-12-3-2-10(8-11(12)14)13(16)9-4-6-15-7-5-9/h2-3,8-9,13,15-16H,4-7H2,1H3. The zero-order chi connectivity index (χ0) is 12.3. The topological polar surface area (TPSA) is 41.5 Å². The molecule has 17 heavy (non-hydrogen) atoms. The highest BCUT2D eigenvalue weighted by Crippen LogP contribution is 2.30. The lowest BCUT2D eigenvalue weighted by atomic mass is 9.88. The largest absolute Gasteiger partial charge is 0.494 e. The molecule has 0 radical (unpaired) electrons. The highest BCUT2D eigenvalue weighted by atomic mass is 19.1. The van der Waals surface area contributed by atoms with E-state index in [1.54, 1.807) is 12.1 Å². The second-order valence-corrected chi connectivity index (χ2v) is 4.43. The number of rotatable bonds is 3. The molecule has 0 aliphatic carbocycles. The van der Waals surface area contributed by atoms with Gasteiger partial charge >= 0.3 is 0 Å². The van der Waals surface area contributed by atoms with Gasteiger partial charge in [0.05, 0.1) is 13.2 Å². The Balaban J connectivity index is 2.12. The van der Waals surface area contributed by atoms with Crippen molar-refractivity contribution in [1.82, 2.24) is 5.32 Å². The van der Waals surface area contributed by atoms with Crippen molar-refractivity contribution in [2.24, 2.45) is 5.92 Å². The zero-order valence-corrected chi connectivity index (χ0v) is 9.95. The van der Waals surface area contributed by atoms with E-state index in [2.05, 4.69) is 5.32 Å². The quantitative estimate of drug-likeness (QED) is 0.846. The lowest BCUT2D eigenvalue weighted by Crippen LogP contribution is -2.30. The molecule has 1 atom stereocenters. The highest BCUT2D eigenvalue weighted by molar-refractivity contribution is 5.30. The molecule has 1 unspecified atom stereocenters. The van der Waals surface area contributed by atoms with Gasteiger partial charge in [-0.2, -0.15) is 0 Å². The van der Waals surface area contributed by atoms with E-state index in [1.807, 2.05) is 0 Å². The number of nitrogens with one attached hydrogen (secondary N) is 1. The van der Waals surface area contributed by atoms with Crippen LogP contribution in [0.1, 0.15) is 24.5 Å². The summed E-state index contributed by atoms with van der Waals surface area (Å²) in [4.78, 5) is 0. The summed E-state index contributed by atoms with van der Waals surface area (Å²) in [6, 6.07) is 4.66. The average Bonchev–Trinajstić information content (AvgIpc) is 2.39. The van der Waals surface area contributed by atoms with Crippen LogP contribution in [0.25, 0.3) is 0 Å². The molecule has 4 heteroatoms. The molecule has 1 aliphatic heterocycles. The third-order valence-corrected chi connectivity index (χ3v) is 3.35. The first-order chi connectivity index (χ1) is 8.22. The summed E-state index contributed by atoms with van der Waals surface area (Å²) in [5.41, 5.74) is 0.634. The van der Waals surface area contributed by atoms with Crippen molar-refractivity contribution in [2.45, 2.75) is 18.9 Å². The number of aliphatic hydroxyl groups excluding tert-OH is 1. The summed E-state index contributed by atoms with van der Waals surface area (Å²) >= 11 is 0. The molecule has 3 nitrogen and oxygen atoms in total. The maximum absolute atomic E-state index is 13.5. The molecular formula is C13H18FNO2. The van der Waals surface area contributed by atoms with Gasteiger partial charge in [-0.15, -0.1) is 0 Å². The van der Waals surface area contributed by atoms with Gasteiger partial charge in [0.25, 0.3) is 0 Å². The maximum Gasteiger partial charge on any atom is 0.165 e. The molecule has 1 saturated heterocycles. The van der Waals surface area contributed by atoms with Gasteiger partial charge in [0.2, 0.25) is 0 Å². The molecule has 1 heterocycles. The van der Waals surface area contributed by atoms with Gasteiger partial charge in [-0.05, 0) is 49.5 Å². The summed E-state index contributed by atoms with van der Waals surface area (Å²) in [5, 5.41) is 13.4. The summed E-state index contributed by atoms with van der Waals surface area (Å²) in [6.45, 7) is 1.83. The summed E-state index contributed by atoms with van der Waals surface area (Å²) in [6.07, 6.45) is 1.27. The summed E-state index contributed by atoms with van der Waals surface area (Å²) in [7, 11) is 1.43. The maximum atomic E-state index is 13.5. The van der Waals surface area contributed by atoms with Crippen LogP contribution in [0.4, 0.5) is 4.39 Å². The van der Waals surface area contributed by atoms with Crippen molar-refractivity contribution in [3.05, 3.63) is 29.6 Å². The Labute approximate surface area is 101 Å². The number of methoxy groups -OCH3 is 1. The Morgan fingerprint density at radius 3 is 2.71 bits per heavy atom. The second kappa shape index (κ2) is 5.47. The minimum absolute atomic E-state index is 0.212. The molecule has 94 valence electrons. The number of halogens is 1. The van der Waals surface area contributed by atoms with Gasteiger partial charge in [0, 0.05) is 0 Å². The highest BCUT2D eigenvalue weighted by Gasteiger charge is 2.23. The molecule has 2 N–H and O–H groups in total. The van der Waals surface area contributed by atoms with Crippen LogP contribution in [0, 0.1) is 11.7 Å². The Morgan fingerprint density at radius 2 is 2.12 bits per heavy atom. The molecule has 0 aromatic heterocycles. The van der Waals surface area contributed by atoms with Crippen LogP contribution in [0.3, 0.4) is 0 Å². The van der Waals surface area contributed by atoms with Gasteiger partial charge in [-0.3, -0.25) is 0 Å². The molecule has 0 bridgehead atoms. The predicted octanol–water partition coefficient (Wildman–Crippen LogP) is 1.87. The van der Waals surface area contributed by atoms with E-state index in [1.165, 1.54) is 13.2 Å². The second-order valence-electron chi connectivity index (χ2n) is 4.43. The van der Waals surface area contributed by atoms with E-state index in [9.17, 15) is 9.50 Å². The van der Waals surface area contributed by atoms with E-state index in [4.69, 9.17) is 4.74 Å². The monoisotopic (exact) mass is 239 g/mol. The molecule has 0 spiro atoms.